The van der Waals surface area contributed by atoms with Crippen LogP contribution < -0.4 is 0 Å². The molecule has 0 aliphatic carbocycles. The molecule has 0 saturated heterocycles. The van der Waals surface area contributed by atoms with Crippen molar-refractivity contribution >= 4 is 17.5 Å². The fourth-order valence-electron chi connectivity index (χ4n) is 2.27. The van der Waals surface area contributed by atoms with E-state index in [2.05, 4.69) is 13.8 Å². The Morgan fingerprint density at radius 3 is 2.38 bits per heavy atom. The van der Waals surface area contributed by atoms with E-state index in [1.807, 2.05) is 23.1 Å². The molecule has 1 amide bonds. The van der Waals surface area contributed by atoms with Crippen LogP contribution in [-0.4, -0.2) is 23.9 Å². The van der Waals surface area contributed by atoms with E-state index in [4.69, 9.17) is 16.0 Å². The molecule has 2 aromatic rings. The van der Waals surface area contributed by atoms with Gasteiger partial charge in [0.1, 0.15) is 5.76 Å². The highest BCUT2D eigenvalue weighted by Gasteiger charge is 2.19. The molecule has 0 aliphatic heterocycles. The maximum atomic E-state index is 12.5. The SMILES string of the molecule is CCCN(CCC)C(=O)c1ccc(-c2ccccc2Cl)o1. The minimum absolute atomic E-state index is 0.0583. The van der Waals surface area contributed by atoms with Crippen molar-refractivity contribution in [2.75, 3.05) is 13.1 Å². The van der Waals surface area contributed by atoms with Crippen LogP contribution in [0.25, 0.3) is 11.3 Å². The maximum absolute atomic E-state index is 12.5. The van der Waals surface area contributed by atoms with Gasteiger partial charge in [0.25, 0.3) is 5.91 Å². The average Bonchev–Trinajstić information content (AvgIpc) is 2.96. The van der Waals surface area contributed by atoms with Crippen molar-refractivity contribution in [3.63, 3.8) is 0 Å². The lowest BCUT2D eigenvalue weighted by atomic mass is 10.2. The lowest BCUT2D eigenvalue weighted by molar-refractivity contribution is 0.0724. The summed E-state index contributed by atoms with van der Waals surface area (Å²) in [6, 6.07) is 11.0. The monoisotopic (exact) mass is 305 g/mol. The number of carbonyl (C=O) groups is 1. The Kier molecular flexibility index (Phi) is 5.45. The normalized spacial score (nSPS) is 10.6. The number of carbonyl (C=O) groups excluding carboxylic acids is 1. The standard InChI is InChI=1S/C17H20ClNO2/c1-3-11-19(12-4-2)17(20)16-10-9-15(21-16)13-7-5-6-8-14(13)18/h5-10H,3-4,11-12H2,1-2H3. The number of halogens is 1. The lowest BCUT2D eigenvalue weighted by Gasteiger charge is -2.19. The zero-order valence-corrected chi connectivity index (χ0v) is 13.2. The summed E-state index contributed by atoms with van der Waals surface area (Å²) >= 11 is 6.15. The number of rotatable bonds is 6. The molecule has 4 heteroatoms. The quantitative estimate of drug-likeness (QED) is 0.763. The Bertz CT molecular complexity index is 600. The van der Waals surface area contributed by atoms with Gasteiger partial charge in [-0.3, -0.25) is 4.79 Å². The van der Waals surface area contributed by atoms with E-state index in [0.29, 0.717) is 16.5 Å². The third-order valence-electron chi connectivity index (χ3n) is 3.23. The van der Waals surface area contributed by atoms with Crippen LogP contribution in [0.3, 0.4) is 0 Å². The van der Waals surface area contributed by atoms with E-state index in [-0.39, 0.29) is 5.91 Å². The van der Waals surface area contributed by atoms with Crippen molar-refractivity contribution in [1.29, 1.82) is 0 Å². The summed E-state index contributed by atoms with van der Waals surface area (Å²) in [5.74, 6) is 0.931. The Balaban J connectivity index is 2.23. The molecule has 0 aliphatic rings. The topological polar surface area (TPSA) is 33.5 Å². The molecule has 21 heavy (non-hydrogen) atoms. The Labute approximate surface area is 130 Å². The highest BCUT2D eigenvalue weighted by atomic mass is 35.5. The largest absolute Gasteiger partial charge is 0.451 e. The summed E-state index contributed by atoms with van der Waals surface area (Å²) in [7, 11) is 0. The van der Waals surface area contributed by atoms with Gasteiger partial charge in [-0.05, 0) is 37.1 Å². The maximum Gasteiger partial charge on any atom is 0.289 e. The molecule has 0 atom stereocenters. The van der Waals surface area contributed by atoms with Crippen LogP contribution in [0.5, 0.6) is 0 Å². The molecule has 3 nitrogen and oxygen atoms in total. The van der Waals surface area contributed by atoms with E-state index >= 15 is 0 Å². The highest BCUT2D eigenvalue weighted by molar-refractivity contribution is 6.33. The summed E-state index contributed by atoms with van der Waals surface area (Å²) in [6.07, 6.45) is 1.87. The molecule has 0 radical (unpaired) electrons. The summed E-state index contributed by atoms with van der Waals surface area (Å²) in [5, 5.41) is 0.616. The van der Waals surface area contributed by atoms with Gasteiger partial charge in [-0.2, -0.15) is 0 Å². The fourth-order valence-corrected chi connectivity index (χ4v) is 2.50. The van der Waals surface area contributed by atoms with Crippen LogP contribution in [0.2, 0.25) is 5.02 Å². The number of furan rings is 1. The minimum atomic E-state index is -0.0583. The zero-order chi connectivity index (χ0) is 15.2. The molecular formula is C17H20ClNO2. The molecule has 0 spiro atoms. The highest BCUT2D eigenvalue weighted by Crippen LogP contribution is 2.29. The van der Waals surface area contributed by atoms with E-state index in [0.717, 1.165) is 31.5 Å². The van der Waals surface area contributed by atoms with E-state index < -0.39 is 0 Å². The van der Waals surface area contributed by atoms with Gasteiger partial charge in [-0.15, -0.1) is 0 Å². The number of nitrogens with zero attached hydrogens (tertiary/aromatic N) is 1. The first-order valence-electron chi connectivity index (χ1n) is 7.31. The van der Waals surface area contributed by atoms with Crippen molar-refractivity contribution in [3.8, 4) is 11.3 Å². The van der Waals surface area contributed by atoms with Crippen LogP contribution in [0.4, 0.5) is 0 Å². The van der Waals surface area contributed by atoms with Gasteiger partial charge in [-0.1, -0.05) is 37.6 Å². The van der Waals surface area contributed by atoms with Crippen LogP contribution in [-0.2, 0) is 0 Å². The van der Waals surface area contributed by atoms with Crippen LogP contribution in [0.15, 0.2) is 40.8 Å². The van der Waals surface area contributed by atoms with Crippen molar-refractivity contribution in [2.45, 2.75) is 26.7 Å². The fraction of sp³-hybridized carbons (Fsp3) is 0.353. The molecule has 0 N–H and O–H groups in total. The summed E-state index contributed by atoms with van der Waals surface area (Å²) in [6.45, 7) is 5.62. The molecule has 112 valence electrons. The molecule has 0 fully saturated rings. The summed E-state index contributed by atoms with van der Waals surface area (Å²) in [5.41, 5.74) is 0.802. The van der Waals surface area contributed by atoms with Crippen LogP contribution in [0.1, 0.15) is 37.2 Å². The molecule has 0 unspecified atom stereocenters. The third-order valence-corrected chi connectivity index (χ3v) is 3.56. The second kappa shape index (κ2) is 7.32. The van der Waals surface area contributed by atoms with E-state index in [1.54, 1.807) is 18.2 Å². The molecular weight excluding hydrogens is 286 g/mol. The van der Waals surface area contributed by atoms with Gasteiger partial charge in [0, 0.05) is 18.7 Å². The van der Waals surface area contributed by atoms with Gasteiger partial charge < -0.3 is 9.32 Å². The second-order valence-electron chi connectivity index (χ2n) is 4.94. The van der Waals surface area contributed by atoms with Crippen molar-refractivity contribution in [1.82, 2.24) is 4.90 Å². The van der Waals surface area contributed by atoms with Gasteiger partial charge in [-0.25, -0.2) is 0 Å². The molecule has 1 aromatic carbocycles. The van der Waals surface area contributed by atoms with Crippen LogP contribution in [0, 0.1) is 0 Å². The van der Waals surface area contributed by atoms with Crippen molar-refractivity contribution < 1.29 is 9.21 Å². The number of hydrogen-bond donors (Lipinski definition) is 0. The minimum Gasteiger partial charge on any atom is -0.451 e. The summed E-state index contributed by atoms with van der Waals surface area (Å²) < 4.78 is 5.71. The molecule has 0 saturated carbocycles. The average molecular weight is 306 g/mol. The van der Waals surface area contributed by atoms with Gasteiger partial charge >= 0.3 is 0 Å². The second-order valence-corrected chi connectivity index (χ2v) is 5.34. The number of benzene rings is 1. The van der Waals surface area contributed by atoms with Crippen molar-refractivity contribution in [2.24, 2.45) is 0 Å². The zero-order valence-electron chi connectivity index (χ0n) is 12.4. The smallest absolute Gasteiger partial charge is 0.289 e. The van der Waals surface area contributed by atoms with Gasteiger partial charge in [0.2, 0.25) is 0 Å². The molecule has 1 aromatic heterocycles. The van der Waals surface area contributed by atoms with Crippen LogP contribution >= 0.6 is 11.6 Å². The molecule has 2 rings (SSSR count). The Morgan fingerprint density at radius 2 is 1.76 bits per heavy atom. The predicted molar refractivity (Wildman–Crippen MR) is 85.6 cm³/mol. The molecule has 1 heterocycles. The first-order chi connectivity index (χ1) is 10.2. The lowest BCUT2D eigenvalue weighted by Crippen LogP contribution is -2.32. The van der Waals surface area contributed by atoms with E-state index in [9.17, 15) is 4.79 Å². The van der Waals surface area contributed by atoms with Gasteiger partial charge in [0.05, 0.1) is 5.02 Å². The number of amides is 1. The Morgan fingerprint density at radius 1 is 1.10 bits per heavy atom. The Hall–Kier alpha value is -1.74. The van der Waals surface area contributed by atoms with E-state index in [1.165, 1.54) is 0 Å². The first kappa shape index (κ1) is 15.6. The van der Waals surface area contributed by atoms with Gasteiger partial charge in [0.15, 0.2) is 5.76 Å². The third kappa shape index (κ3) is 3.67. The summed E-state index contributed by atoms with van der Waals surface area (Å²) in [4.78, 5) is 14.3. The number of hydrogen-bond acceptors (Lipinski definition) is 2. The molecule has 0 bridgehead atoms. The van der Waals surface area contributed by atoms with Crippen molar-refractivity contribution in [3.05, 3.63) is 47.2 Å². The predicted octanol–water partition coefficient (Wildman–Crippen LogP) is 4.86. The first-order valence-corrected chi connectivity index (χ1v) is 7.69.